The standard InChI is InChI=1S/C12H12FNO2S/c1-15-11-6-3-8-10(16-7-17-2)5-4-9(13)12(8)14-11/h3-6H,7H2,1-2H3. The third kappa shape index (κ3) is 2.44. The molecule has 0 atom stereocenters. The maximum atomic E-state index is 13.6. The van der Waals surface area contributed by atoms with E-state index in [-0.39, 0.29) is 11.3 Å². The Morgan fingerprint density at radius 3 is 2.82 bits per heavy atom. The normalized spacial score (nSPS) is 10.5. The number of nitrogens with zero attached hydrogens (tertiary/aromatic N) is 1. The van der Waals surface area contributed by atoms with Gasteiger partial charge in [-0.2, -0.15) is 0 Å². The van der Waals surface area contributed by atoms with Crippen LogP contribution in [0, 0.1) is 5.82 Å². The number of ether oxygens (including phenoxy) is 2. The second-order valence-corrected chi connectivity index (χ2v) is 4.16. The van der Waals surface area contributed by atoms with Crippen molar-refractivity contribution in [3.8, 4) is 11.6 Å². The summed E-state index contributed by atoms with van der Waals surface area (Å²) < 4.78 is 24.1. The van der Waals surface area contributed by atoms with Gasteiger partial charge in [-0.3, -0.25) is 0 Å². The lowest BCUT2D eigenvalue weighted by Gasteiger charge is -2.09. The van der Waals surface area contributed by atoms with Crippen LogP contribution in [-0.2, 0) is 0 Å². The maximum Gasteiger partial charge on any atom is 0.213 e. The van der Waals surface area contributed by atoms with Crippen LogP contribution in [0.25, 0.3) is 10.9 Å². The van der Waals surface area contributed by atoms with Crippen LogP contribution in [0.15, 0.2) is 24.3 Å². The van der Waals surface area contributed by atoms with E-state index in [1.807, 2.05) is 6.26 Å². The van der Waals surface area contributed by atoms with Crippen molar-refractivity contribution in [2.75, 3.05) is 19.3 Å². The Balaban J connectivity index is 2.53. The number of halogens is 1. The zero-order chi connectivity index (χ0) is 12.3. The number of pyridine rings is 1. The smallest absolute Gasteiger partial charge is 0.213 e. The third-order valence-electron chi connectivity index (χ3n) is 2.28. The van der Waals surface area contributed by atoms with Gasteiger partial charge in [-0.25, -0.2) is 9.37 Å². The first-order valence-electron chi connectivity index (χ1n) is 5.01. The number of fused-ring (bicyclic) bond motifs is 1. The molecule has 1 aromatic heterocycles. The summed E-state index contributed by atoms with van der Waals surface area (Å²) in [5.74, 6) is 1.16. The van der Waals surface area contributed by atoms with E-state index in [0.29, 0.717) is 23.0 Å². The molecule has 0 aliphatic heterocycles. The van der Waals surface area contributed by atoms with Crippen molar-refractivity contribution in [1.82, 2.24) is 4.98 Å². The fraction of sp³-hybridized carbons (Fsp3) is 0.250. The van der Waals surface area contributed by atoms with Crippen molar-refractivity contribution in [3.05, 3.63) is 30.1 Å². The first kappa shape index (κ1) is 12.0. The largest absolute Gasteiger partial charge is 0.482 e. The molecule has 0 unspecified atom stereocenters. The zero-order valence-corrected chi connectivity index (χ0v) is 10.4. The van der Waals surface area contributed by atoms with Gasteiger partial charge in [0.05, 0.1) is 7.11 Å². The molecule has 0 bridgehead atoms. The lowest BCUT2D eigenvalue weighted by molar-refractivity contribution is 0.394. The maximum absolute atomic E-state index is 13.6. The summed E-state index contributed by atoms with van der Waals surface area (Å²) in [5.41, 5.74) is 0.267. The quantitative estimate of drug-likeness (QED) is 0.784. The van der Waals surface area contributed by atoms with Gasteiger partial charge in [0.15, 0.2) is 0 Å². The number of benzene rings is 1. The molecule has 0 spiro atoms. The molecule has 3 nitrogen and oxygen atoms in total. The van der Waals surface area contributed by atoms with Gasteiger partial charge in [0.2, 0.25) is 5.88 Å². The second kappa shape index (κ2) is 5.23. The van der Waals surface area contributed by atoms with Gasteiger partial charge in [0.1, 0.15) is 23.0 Å². The topological polar surface area (TPSA) is 31.4 Å². The fourth-order valence-electron chi connectivity index (χ4n) is 1.50. The molecule has 0 saturated heterocycles. The minimum Gasteiger partial charge on any atom is -0.482 e. The SMILES string of the molecule is COc1ccc2c(OCSC)ccc(F)c2n1. The molecule has 1 heterocycles. The van der Waals surface area contributed by atoms with Gasteiger partial charge in [-0.05, 0) is 24.5 Å². The molecular formula is C12H12FNO2S. The lowest BCUT2D eigenvalue weighted by atomic mass is 10.2. The highest BCUT2D eigenvalue weighted by Crippen LogP contribution is 2.28. The number of thioether (sulfide) groups is 1. The van der Waals surface area contributed by atoms with Gasteiger partial charge in [-0.15, -0.1) is 11.8 Å². The van der Waals surface area contributed by atoms with E-state index in [1.165, 1.54) is 13.2 Å². The number of rotatable bonds is 4. The number of methoxy groups -OCH3 is 1. The van der Waals surface area contributed by atoms with Crippen LogP contribution in [0.3, 0.4) is 0 Å². The molecule has 0 radical (unpaired) electrons. The highest BCUT2D eigenvalue weighted by molar-refractivity contribution is 7.98. The third-order valence-corrected chi connectivity index (χ3v) is 2.64. The van der Waals surface area contributed by atoms with E-state index in [9.17, 15) is 4.39 Å². The van der Waals surface area contributed by atoms with Gasteiger partial charge >= 0.3 is 0 Å². The Morgan fingerprint density at radius 1 is 1.29 bits per heavy atom. The van der Waals surface area contributed by atoms with E-state index >= 15 is 0 Å². The molecule has 0 aliphatic carbocycles. The summed E-state index contributed by atoms with van der Waals surface area (Å²) in [5, 5.41) is 0.653. The Morgan fingerprint density at radius 2 is 2.12 bits per heavy atom. The van der Waals surface area contributed by atoms with Crippen molar-refractivity contribution in [2.24, 2.45) is 0 Å². The fourth-order valence-corrected chi connectivity index (χ4v) is 1.75. The Kier molecular flexibility index (Phi) is 3.68. The summed E-state index contributed by atoms with van der Waals surface area (Å²) in [6, 6.07) is 6.40. The minimum atomic E-state index is -0.379. The Hall–Kier alpha value is -1.49. The van der Waals surface area contributed by atoms with E-state index < -0.39 is 0 Å². The van der Waals surface area contributed by atoms with Gasteiger partial charge in [0.25, 0.3) is 0 Å². The molecule has 0 saturated carbocycles. The molecule has 1 aromatic carbocycles. The van der Waals surface area contributed by atoms with Crippen LogP contribution in [0.2, 0.25) is 0 Å². The first-order valence-corrected chi connectivity index (χ1v) is 6.40. The van der Waals surface area contributed by atoms with Crippen molar-refractivity contribution in [2.45, 2.75) is 0 Å². The van der Waals surface area contributed by atoms with E-state index in [4.69, 9.17) is 9.47 Å². The average molecular weight is 253 g/mol. The van der Waals surface area contributed by atoms with Gasteiger partial charge in [-0.1, -0.05) is 0 Å². The van der Waals surface area contributed by atoms with Crippen LogP contribution in [0.4, 0.5) is 4.39 Å². The zero-order valence-electron chi connectivity index (χ0n) is 9.57. The second-order valence-electron chi connectivity index (χ2n) is 3.35. The monoisotopic (exact) mass is 253 g/mol. The van der Waals surface area contributed by atoms with Gasteiger partial charge in [0, 0.05) is 11.5 Å². The molecular weight excluding hydrogens is 241 g/mol. The van der Waals surface area contributed by atoms with Crippen LogP contribution in [0.5, 0.6) is 11.6 Å². The highest BCUT2D eigenvalue weighted by atomic mass is 32.2. The van der Waals surface area contributed by atoms with E-state index in [2.05, 4.69) is 4.98 Å². The van der Waals surface area contributed by atoms with Crippen molar-refractivity contribution in [1.29, 1.82) is 0 Å². The predicted molar refractivity (Wildman–Crippen MR) is 67.3 cm³/mol. The highest BCUT2D eigenvalue weighted by Gasteiger charge is 2.09. The molecule has 5 heteroatoms. The first-order chi connectivity index (χ1) is 8.26. The molecule has 90 valence electrons. The molecule has 0 N–H and O–H groups in total. The lowest BCUT2D eigenvalue weighted by Crippen LogP contribution is -1.96. The molecule has 0 amide bonds. The number of hydrogen-bond donors (Lipinski definition) is 0. The van der Waals surface area contributed by atoms with Gasteiger partial charge < -0.3 is 9.47 Å². The summed E-state index contributed by atoms with van der Waals surface area (Å²) in [6.45, 7) is 0. The Labute approximate surface area is 103 Å². The predicted octanol–water partition coefficient (Wildman–Crippen LogP) is 3.08. The van der Waals surface area contributed by atoms with Crippen molar-refractivity contribution in [3.63, 3.8) is 0 Å². The van der Waals surface area contributed by atoms with Crippen LogP contribution in [0.1, 0.15) is 0 Å². The minimum absolute atomic E-state index is 0.267. The average Bonchev–Trinajstić information content (AvgIpc) is 2.38. The summed E-state index contributed by atoms with van der Waals surface area (Å²) >= 11 is 1.56. The Bertz CT molecular complexity index is 533. The van der Waals surface area contributed by atoms with E-state index in [1.54, 1.807) is 30.0 Å². The molecule has 2 aromatic rings. The van der Waals surface area contributed by atoms with Crippen molar-refractivity contribution < 1.29 is 13.9 Å². The number of hydrogen-bond acceptors (Lipinski definition) is 4. The summed E-state index contributed by atoms with van der Waals surface area (Å²) in [7, 11) is 1.50. The molecule has 0 fully saturated rings. The molecule has 0 aliphatic rings. The van der Waals surface area contributed by atoms with Crippen LogP contribution >= 0.6 is 11.8 Å². The molecule has 2 rings (SSSR count). The van der Waals surface area contributed by atoms with Crippen LogP contribution in [-0.4, -0.2) is 24.3 Å². The van der Waals surface area contributed by atoms with Crippen molar-refractivity contribution >= 4 is 22.7 Å². The summed E-state index contributed by atoms with van der Waals surface area (Å²) in [6.07, 6.45) is 1.94. The van der Waals surface area contributed by atoms with E-state index in [0.717, 1.165) is 0 Å². The number of aromatic nitrogens is 1. The summed E-state index contributed by atoms with van der Waals surface area (Å²) in [4.78, 5) is 4.08. The van der Waals surface area contributed by atoms with Crippen LogP contribution < -0.4 is 9.47 Å². The molecule has 17 heavy (non-hydrogen) atoms.